The fraction of sp³-hybridized carbons (Fsp3) is 0.583. The molecular weight excluding hydrogens is 284 g/mol. The third-order valence-electron chi connectivity index (χ3n) is 2.93. The Labute approximate surface area is 110 Å². The second-order valence-electron chi connectivity index (χ2n) is 4.20. The maximum atomic E-state index is 4.49. The summed E-state index contributed by atoms with van der Waals surface area (Å²) in [6.07, 6.45) is 2.68. The van der Waals surface area contributed by atoms with E-state index in [9.17, 15) is 0 Å². The zero-order valence-electron chi connectivity index (χ0n) is 9.50. The fourth-order valence-electron chi connectivity index (χ4n) is 1.84. The van der Waals surface area contributed by atoms with E-state index in [-0.39, 0.29) is 0 Å². The summed E-state index contributed by atoms with van der Waals surface area (Å²) in [7, 11) is 0. The number of nitrogens with one attached hydrogen (secondary N) is 1. The molecule has 0 amide bonds. The van der Waals surface area contributed by atoms with Gasteiger partial charge in [-0.1, -0.05) is 0 Å². The standard InChI is InChI=1S/C12H17BrN2S/c1-9-11(13)2-3-12(15-9)14-8-10-4-6-16-7-5-10/h2-3,10H,4-8H2,1H3,(H,14,15). The molecule has 88 valence electrons. The van der Waals surface area contributed by atoms with E-state index in [0.29, 0.717) is 0 Å². The molecule has 2 nitrogen and oxygen atoms in total. The number of anilines is 1. The third-order valence-corrected chi connectivity index (χ3v) is 4.82. The average molecular weight is 301 g/mol. The van der Waals surface area contributed by atoms with Crippen LogP contribution in [0.4, 0.5) is 5.82 Å². The quantitative estimate of drug-likeness (QED) is 0.921. The van der Waals surface area contributed by atoms with E-state index < -0.39 is 0 Å². The molecule has 1 aromatic heterocycles. The average Bonchev–Trinajstić information content (AvgIpc) is 2.32. The van der Waals surface area contributed by atoms with Crippen molar-refractivity contribution < 1.29 is 0 Å². The van der Waals surface area contributed by atoms with Crippen molar-refractivity contribution in [1.29, 1.82) is 0 Å². The molecule has 2 rings (SSSR count). The van der Waals surface area contributed by atoms with E-state index in [1.165, 1.54) is 24.3 Å². The van der Waals surface area contributed by atoms with Crippen LogP contribution in [0.25, 0.3) is 0 Å². The van der Waals surface area contributed by atoms with Crippen LogP contribution in [0.3, 0.4) is 0 Å². The molecule has 2 heterocycles. The maximum absolute atomic E-state index is 4.49. The number of pyridine rings is 1. The molecule has 1 aliphatic heterocycles. The topological polar surface area (TPSA) is 24.9 Å². The van der Waals surface area contributed by atoms with Gasteiger partial charge in [-0.05, 0) is 65.3 Å². The number of aryl methyl sites for hydroxylation is 1. The molecule has 0 spiro atoms. The smallest absolute Gasteiger partial charge is 0.126 e. The second kappa shape index (κ2) is 5.92. The Morgan fingerprint density at radius 1 is 1.44 bits per heavy atom. The molecule has 1 fully saturated rings. The summed E-state index contributed by atoms with van der Waals surface area (Å²) in [5, 5.41) is 3.44. The molecule has 1 N–H and O–H groups in total. The van der Waals surface area contributed by atoms with Crippen LogP contribution in [0.5, 0.6) is 0 Å². The van der Waals surface area contributed by atoms with Crippen molar-refractivity contribution in [1.82, 2.24) is 4.98 Å². The highest BCUT2D eigenvalue weighted by molar-refractivity contribution is 9.10. The first-order valence-corrected chi connectivity index (χ1v) is 7.65. The Morgan fingerprint density at radius 3 is 2.88 bits per heavy atom. The summed E-state index contributed by atoms with van der Waals surface area (Å²) >= 11 is 5.54. The van der Waals surface area contributed by atoms with Crippen molar-refractivity contribution >= 4 is 33.5 Å². The van der Waals surface area contributed by atoms with E-state index in [0.717, 1.165) is 28.4 Å². The normalized spacial score (nSPS) is 17.4. The monoisotopic (exact) mass is 300 g/mol. The Balaban J connectivity index is 1.86. The van der Waals surface area contributed by atoms with Crippen molar-refractivity contribution in [3.63, 3.8) is 0 Å². The summed E-state index contributed by atoms with van der Waals surface area (Å²) < 4.78 is 1.08. The van der Waals surface area contributed by atoms with Crippen molar-refractivity contribution in [2.45, 2.75) is 19.8 Å². The van der Waals surface area contributed by atoms with Gasteiger partial charge in [0, 0.05) is 11.0 Å². The molecule has 0 aliphatic carbocycles. The number of nitrogens with zero attached hydrogens (tertiary/aromatic N) is 1. The first-order chi connectivity index (χ1) is 7.75. The molecule has 4 heteroatoms. The number of halogens is 1. The van der Waals surface area contributed by atoms with Crippen LogP contribution in [0.15, 0.2) is 16.6 Å². The van der Waals surface area contributed by atoms with Gasteiger partial charge < -0.3 is 5.32 Å². The van der Waals surface area contributed by atoms with Gasteiger partial charge in [0.05, 0.1) is 5.69 Å². The SMILES string of the molecule is Cc1nc(NCC2CCSCC2)ccc1Br. The highest BCUT2D eigenvalue weighted by atomic mass is 79.9. The highest BCUT2D eigenvalue weighted by Gasteiger charge is 2.13. The van der Waals surface area contributed by atoms with Crippen molar-refractivity contribution in [2.24, 2.45) is 5.92 Å². The summed E-state index contributed by atoms with van der Waals surface area (Å²) in [5.74, 6) is 4.46. The van der Waals surface area contributed by atoms with Crippen LogP contribution in [-0.2, 0) is 0 Å². The Bertz CT molecular complexity index is 351. The predicted octanol–water partition coefficient (Wildman–Crippen LogP) is 3.71. The molecule has 0 radical (unpaired) electrons. The third kappa shape index (κ3) is 3.39. The molecule has 16 heavy (non-hydrogen) atoms. The molecule has 1 aliphatic rings. The van der Waals surface area contributed by atoms with Crippen LogP contribution in [-0.4, -0.2) is 23.0 Å². The van der Waals surface area contributed by atoms with Gasteiger partial charge in [0.15, 0.2) is 0 Å². The van der Waals surface area contributed by atoms with Gasteiger partial charge in [0.2, 0.25) is 0 Å². The van der Waals surface area contributed by atoms with Crippen LogP contribution in [0, 0.1) is 12.8 Å². The summed E-state index contributed by atoms with van der Waals surface area (Å²) in [6.45, 7) is 3.08. The lowest BCUT2D eigenvalue weighted by Crippen LogP contribution is -2.19. The van der Waals surface area contributed by atoms with Crippen LogP contribution < -0.4 is 5.32 Å². The zero-order valence-corrected chi connectivity index (χ0v) is 11.9. The molecule has 0 aromatic carbocycles. The molecular formula is C12H17BrN2S. The lowest BCUT2D eigenvalue weighted by molar-refractivity contribution is 0.515. The van der Waals surface area contributed by atoms with Gasteiger partial charge >= 0.3 is 0 Å². The fourth-order valence-corrected chi connectivity index (χ4v) is 3.27. The van der Waals surface area contributed by atoms with Crippen molar-refractivity contribution in [2.75, 3.05) is 23.4 Å². The summed E-state index contributed by atoms with van der Waals surface area (Å²) in [4.78, 5) is 4.49. The highest BCUT2D eigenvalue weighted by Crippen LogP contribution is 2.23. The minimum absolute atomic E-state index is 0.826. The van der Waals surface area contributed by atoms with Crippen molar-refractivity contribution in [3.8, 4) is 0 Å². The Hall–Kier alpha value is -0.220. The summed E-state index contributed by atoms with van der Waals surface area (Å²) in [5.41, 5.74) is 1.05. The van der Waals surface area contributed by atoms with Gasteiger partial charge in [-0.3, -0.25) is 0 Å². The van der Waals surface area contributed by atoms with Crippen LogP contribution in [0.1, 0.15) is 18.5 Å². The van der Waals surface area contributed by atoms with Gasteiger partial charge in [0.1, 0.15) is 5.82 Å². The molecule has 0 unspecified atom stereocenters. The number of thioether (sulfide) groups is 1. The van der Waals surface area contributed by atoms with Gasteiger partial charge in [-0.25, -0.2) is 4.98 Å². The molecule has 0 bridgehead atoms. The van der Waals surface area contributed by atoms with Gasteiger partial charge in [-0.15, -0.1) is 0 Å². The first kappa shape index (κ1) is 12.2. The lowest BCUT2D eigenvalue weighted by Gasteiger charge is -2.21. The molecule has 0 saturated carbocycles. The first-order valence-electron chi connectivity index (χ1n) is 5.70. The van der Waals surface area contributed by atoms with E-state index in [1.54, 1.807) is 0 Å². The number of hydrogen-bond donors (Lipinski definition) is 1. The Morgan fingerprint density at radius 2 is 2.19 bits per heavy atom. The second-order valence-corrected chi connectivity index (χ2v) is 6.28. The van der Waals surface area contributed by atoms with Crippen LogP contribution in [0.2, 0.25) is 0 Å². The number of rotatable bonds is 3. The van der Waals surface area contributed by atoms with Crippen molar-refractivity contribution in [3.05, 3.63) is 22.3 Å². The van der Waals surface area contributed by atoms with E-state index >= 15 is 0 Å². The minimum Gasteiger partial charge on any atom is -0.370 e. The van der Waals surface area contributed by atoms with Gasteiger partial charge in [0.25, 0.3) is 0 Å². The molecule has 1 aromatic rings. The lowest BCUT2D eigenvalue weighted by atomic mass is 10.0. The largest absolute Gasteiger partial charge is 0.370 e. The number of hydrogen-bond acceptors (Lipinski definition) is 3. The molecule has 0 atom stereocenters. The van der Waals surface area contributed by atoms with E-state index in [1.807, 2.05) is 13.0 Å². The molecule has 1 saturated heterocycles. The summed E-state index contributed by atoms with van der Waals surface area (Å²) in [6, 6.07) is 4.09. The predicted molar refractivity (Wildman–Crippen MR) is 75.2 cm³/mol. The Kier molecular flexibility index (Phi) is 4.53. The van der Waals surface area contributed by atoms with E-state index in [4.69, 9.17) is 0 Å². The minimum atomic E-state index is 0.826. The maximum Gasteiger partial charge on any atom is 0.126 e. The van der Waals surface area contributed by atoms with Crippen LogP contribution >= 0.6 is 27.7 Å². The number of aromatic nitrogens is 1. The van der Waals surface area contributed by atoms with E-state index in [2.05, 4.69) is 44.1 Å². The van der Waals surface area contributed by atoms with Gasteiger partial charge in [-0.2, -0.15) is 11.8 Å². The zero-order chi connectivity index (χ0) is 11.4.